The third-order valence-corrected chi connectivity index (χ3v) is 5.03. The van der Waals surface area contributed by atoms with Crippen molar-refractivity contribution in [3.8, 4) is 0 Å². The zero-order valence-electron chi connectivity index (χ0n) is 12.7. The van der Waals surface area contributed by atoms with E-state index in [9.17, 15) is 0 Å². The standard InChI is InChI=1S/C15H31N3/c1-5-8-16-11-13-6-7-14(13)18-10-9-17(4)15(2,3)12-18/h13-14,16H,5-12H2,1-4H3. The zero-order valence-corrected chi connectivity index (χ0v) is 12.7. The quantitative estimate of drug-likeness (QED) is 0.754. The van der Waals surface area contributed by atoms with E-state index in [-0.39, 0.29) is 0 Å². The molecule has 1 saturated heterocycles. The average Bonchev–Trinajstić information content (AvgIpc) is 2.27. The van der Waals surface area contributed by atoms with Crippen molar-refractivity contribution >= 4 is 0 Å². The SMILES string of the molecule is CCCNCC1CCC1N1CCN(C)C(C)(C)C1. The molecule has 1 heterocycles. The van der Waals surface area contributed by atoms with Crippen LogP contribution in [0.5, 0.6) is 0 Å². The summed E-state index contributed by atoms with van der Waals surface area (Å²) in [6, 6.07) is 0.849. The molecule has 0 radical (unpaired) electrons. The molecule has 0 bridgehead atoms. The molecule has 106 valence electrons. The fourth-order valence-corrected chi connectivity index (χ4v) is 3.30. The number of rotatable bonds is 5. The molecule has 0 aromatic rings. The Morgan fingerprint density at radius 2 is 2.00 bits per heavy atom. The van der Waals surface area contributed by atoms with E-state index in [1.54, 1.807) is 0 Å². The average molecular weight is 253 g/mol. The van der Waals surface area contributed by atoms with Crippen LogP contribution < -0.4 is 5.32 Å². The second-order valence-electron chi connectivity index (χ2n) is 6.81. The second kappa shape index (κ2) is 5.89. The van der Waals surface area contributed by atoms with Gasteiger partial charge in [0.15, 0.2) is 0 Å². The first-order chi connectivity index (χ1) is 8.54. The van der Waals surface area contributed by atoms with E-state index < -0.39 is 0 Å². The molecule has 3 heteroatoms. The number of nitrogens with one attached hydrogen (secondary N) is 1. The number of hydrogen-bond acceptors (Lipinski definition) is 3. The van der Waals surface area contributed by atoms with Gasteiger partial charge in [0, 0.05) is 31.2 Å². The Morgan fingerprint density at radius 3 is 2.56 bits per heavy atom. The fourth-order valence-electron chi connectivity index (χ4n) is 3.30. The van der Waals surface area contributed by atoms with E-state index >= 15 is 0 Å². The Hall–Kier alpha value is -0.120. The topological polar surface area (TPSA) is 18.5 Å². The van der Waals surface area contributed by atoms with Crippen LogP contribution in [0.2, 0.25) is 0 Å². The van der Waals surface area contributed by atoms with Gasteiger partial charge in [-0.2, -0.15) is 0 Å². The van der Waals surface area contributed by atoms with Gasteiger partial charge in [0.1, 0.15) is 0 Å². The van der Waals surface area contributed by atoms with Crippen LogP contribution in [0.25, 0.3) is 0 Å². The highest BCUT2D eigenvalue weighted by Gasteiger charge is 2.40. The minimum Gasteiger partial charge on any atom is -0.316 e. The third-order valence-electron chi connectivity index (χ3n) is 5.03. The van der Waals surface area contributed by atoms with Gasteiger partial charge in [-0.15, -0.1) is 0 Å². The summed E-state index contributed by atoms with van der Waals surface area (Å²) in [6.45, 7) is 13.1. The first kappa shape index (κ1) is 14.3. The molecule has 1 saturated carbocycles. The van der Waals surface area contributed by atoms with Crippen LogP contribution in [0.15, 0.2) is 0 Å². The first-order valence-corrected chi connectivity index (χ1v) is 7.70. The van der Waals surface area contributed by atoms with Gasteiger partial charge in [-0.05, 0) is 59.2 Å². The van der Waals surface area contributed by atoms with Crippen LogP contribution in [0.1, 0.15) is 40.0 Å². The van der Waals surface area contributed by atoms with Crippen LogP contribution >= 0.6 is 0 Å². The van der Waals surface area contributed by atoms with Crippen LogP contribution in [-0.2, 0) is 0 Å². The molecule has 2 rings (SSSR count). The molecule has 2 unspecified atom stereocenters. The molecule has 1 aliphatic carbocycles. The summed E-state index contributed by atoms with van der Waals surface area (Å²) in [7, 11) is 2.26. The number of piperazine rings is 1. The zero-order chi connectivity index (χ0) is 13.2. The molecule has 0 amide bonds. The van der Waals surface area contributed by atoms with E-state index in [1.807, 2.05) is 0 Å². The highest BCUT2D eigenvalue weighted by atomic mass is 15.3. The Labute approximate surface area is 113 Å². The van der Waals surface area contributed by atoms with Crippen molar-refractivity contribution in [3.05, 3.63) is 0 Å². The first-order valence-electron chi connectivity index (χ1n) is 7.70. The van der Waals surface area contributed by atoms with Crippen LogP contribution in [0.3, 0.4) is 0 Å². The second-order valence-corrected chi connectivity index (χ2v) is 6.81. The predicted molar refractivity (Wildman–Crippen MR) is 78.0 cm³/mol. The van der Waals surface area contributed by atoms with Crippen molar-refractivity contribution in [1.29, 1.82) is 0 Å². The summed E-state index contributed by atoms with van der Waals surface area (Å²) in [6.07, 6.45) is 4.09. The van der Waals surface area contributed by atoms with Gasteiger partial charge in [0.2, 0.25) is 0 Å². The molecule has 18 heavy (non-hydrogen) atoms. The van der Waals surface area contributed by atoms with Crippen LogP contribution in [0.4, 0.5) is 0 Å². The summed E-state index contributed by atoms with van der Waals surface area (Å²) in [4.78, 5) is 5.26. The van der Waals surface area contributed by atoms with Crippen molar-refractivity contribution in [3.63, 3.8) is 0 Å². The van der Waals surface area contributed by atoms with Crippen LogP contribution in [-0.4, -0.2) is 61.2 Å². The van der Waals surface area contributed by atoms with Gasteiger partial charge in [-0.3, -0.25) is 9.80 Å². The summed E-state index contributed by atoms with van der Waals surface area (Å²) in [5.74, 6) is 0.899. The molecule has 0 aromatic heterocycles. The van der Waals surface area contributed by atoms with Crippen molar-refractivity contribution in [2.75, 3.05) is 39.8 Å². The lowest BCUT2D eigenvalue weighted by Gasteiger charge is -2.52. The smallest absolute Gasteiger partial charge is 0.0277 e. The summed E-state index contributed by atoms with van der Waals surface area (Å²) in [5.41, 5.74) is 0.342. The van der Waals surface area contributed by atoms with Crippen molar-refractivity contribution in [1.82, 2.24) is 15.1 Å². The third kappa shape index (κ3) is 3.06. The molecule has 2 aliphatic rings. The summed E-state index contributed by atoms with van der Waals surface area (Å²) in [5, 5.41) is 3.60. The molecule has 1 aliphatic heterocycles. The Bertz CT molecular complexity index is 264. The van der Waals surface area contributed by atoms with E-state index in [2.05, 4.69) is 42.9 Å². The Morgan fingerprint density at radius 1 is 1.22 bits per heavy atom. The maximum atomic E-state index is 3.60. The van der Waals surface area contributed by atoms with Gasteiger partial charge >= 0.3 is 0 Å². The maximum Gasteiger partial charge on any atom is 0.0277 e. The molecule has 2 fully saturated rings. The molecule has 3 nitrogen and oxygen atoms in total. The van der Waals surface area contributed by atoms with Crippen LogP contribution in [0, 0.1) is 5.92 Å². The van der Waals surface area contributed by atoms with Crippen molar-refractivity contribution in [2.24, 2.45) is 5.92 Å². The predicted octanol–water partition coefficient (Wildman–Crippen LogP) is 1.79. The Balaban J connectivity index is 1.81. The Kier molecular flexibility index (Phi) is 4.68. The minimum absolute atomic E-state index is 0.342. The lowest BCUT2D eigenvalue weighted by molar-refractivity contribution is -0.0273. The molecule has 2 atom stereocenters. The highest BCUT2D eigenvalue weighted by molar-refractivity contribution is 4.96. The fraction of sp³-hybridized carbons (Fsp3) is 1.00. The van der Waals surface area contributed by atoms with Crippen molar-refractivity contribution < 1.29 is 0 Å². The molecule has 0 spiro atoms. The van der Waals surface area contributed by atoms with E-state index in [4.69, 9.17) is 0 Å². The lowest BCUT2D eigenvalue weighted by Crippen LogP contribution is -2.63. The lowest BCUT2D eigenvalue weighted by atomic mass is 9.77. The molecular formula is C15H31N3. The van der Waals surface area contributed by atoms with Gasteiger partial charge in [-0.25, -0.2) is 0 Å². The minimum atomic E-state index is 0.342. The molecule has 0 aromatic carbocycles. The monoisotopic (exact) mass is 253 g/mol. The molecule has 1 N–H and O–H groups in total. The van der Waals surface area contributed by atoms with E-state index in [0.717, 1.165) is 12.0 Å². The highest BCUT2D eigenvalue weighted by Crippen LogP contribution is 2.34. The normalized spacial score (nSPS) is 33.3. The maximum absolute atomic E-state index is 3.60. The van der Waals surface area contributed by atoms with Gasteiger partial charge < -0.3 is 5.32 Å². The van der Waals surface area contributed by atoms with Crippen molar-refractivity contribution in [2.45, 2.75) is 51.6 Å². The summed E-state index contributed by atoms with van der Waals surface area (Å²) >= 11 is 0. The number of likely N-dealkylation sites (N-methyl/N-ethyl adjacent to an activating group) is 1. The molecular weight excluding hydrogens is 222 g/mol. The number of nitrogens with zero attached hydrogens (tertiary/aromatic N) is 2. The largest absolute Gasteiger partial charge is 0.316 e. The summed E-state index contributed by atoms with van der Waals surface area (Å²) < 4.78 is 0. The van der Waals surface area contributed by atoms with Gasteiger partial charge in [0.25, 0.3) is 0 Å². The van der Waals surface area contributed by atoms with E-state index in [1.165, 1.54) is 52.0 Å². The van der Waals surface area contributed by atoms with Gasteiger partial charge in [-0.1, -0.05) is 6.92 Å². The van der Waals surface area contributed by atoms with Gasteiger partial charge in [0.05, 0.1) is 0 Å². The van der Waals surface area contributed by atoms with E-state index in [0.29, 0.717) is 5.54 Å². The number of hydrogen-bond donors (Lipinski definition) is 1.